The van der Waals surface area contributed by atoms with Gasteiger partial charge in [-0.05, 0) is 56.2 Å². The molecule has 0 unspecified atom stereocenters. The van der Waals surface area contributed by atoms with Crippen LogP contribution >= 0.6 is 11.6 Å². The Morgan fingerprint density at radius 1 is 1.07 bits per heavy atom. The number of hydrogen-bond acceptors (Lipinski definition) is 6. The molecule has 1 heterocycles. The number of carbonyl (C=O) groups excluding carboxylic acids is 2. The van der Waals surface area contributed by atoms with Crippen LogP contribution in [-0.4, -0.2) is 30.5 Å². The zero-order valence-corrected chi connectivity index (χ0v) is 18.0. The van der Waals surface area contributed by atoms with Gasteiger partial charge in [0, 0.05) is 16.5 Å². The SMILES string of the molecule is COc1cc(C(C)=O)ccc1OCC(=O)OCc1cc2ccc(C)c(C)c2nc1Cl. The lowest BCUT2D eigenvalue weighted by Gasteiger charge is -2.12. The first kappa shape index (κ1) is 21.6. The van der Waals surface area contributed by atoms with Gasteiger partial charge in [-0.3, -0.25) is 4.79 Å². The standard InChI is InChI=1S/C23H22ClNO5/c1-13-5-6-17-9-18(23(24)25-22(17)14(13)2)11-30-21(27)12-29-19-8-7-16(15(3)26)10-20(19)28-4/h5-10H,11-12H2,1-4H3. The van der Waals surface area contributed by atoms with Crippen LogP contribution in [0.1, 0.15) is 34.0 Å². The van der Waals surface area contributed by atoms with Gasteiger partial charge in [-0.15, -0.1) is 0 Å². The molecule has 3 rings (SSSR count). The second-order valence-electron chi connectivity index (χ2n) is 6.89. The summed E-state index contributed by atoms with van der Waals surface area (Å²) in [6.45, 7) is 5.14. The van der Waals surface area contributed by atoms with Crippen molar-refractivity contribution in [3.8, 4) is 11.5 Å². The molecule has 0 bridgehead atoms. The second kappa shape index (κ2) is 9.13. The van der Waals surface area contributed by atoms with E-state index in [1.165, 1.54) is 14.0 Å². The molecule has 0 radical (unpaired) electrons. The highest BCUT2D eigenvalue weighted by atomic mass is 35.5. The molecule has 0 aliphatic carbocycles. The molecule has 0 spiro atoms. The number of rotatable bonds is 7. The fourth-order valence-electron chi connectivity index (χ4n) is 2.95. The van der Waals surface area contributed by atoms with Crippen molar-refractivity contribution in [1.29, 1.82) is 0 Å². The number of nitrogens with zero attached hydrogens (tertiary/aromatic N) is 1. The molecule has 0 saturated heterocycles. The summed E-state index contributed by atoms with van der Waals surface area (Å²) >= 11 is 6.29. The predicted octanol–water partition coefficient (Wildman–Crippen LogP) is 4.84. The average molecular weight is 428 g/mol. The first-order valence-corrected chi connectivity index (χ1v) is 9.70. The molecular weight excluding hydrogens is 406 g/mol. The zero-order chi connectivity index (χ0) is 21.8. The number of carbonyl (C=O) groups is 2. The number of esters is 1. The highest BCUT2D eigenvalue weighted by molar-refractivity contribution is 6.30. The first-order valence-electron chi connectivity index (χ1n) is 9.33. The summed E-state index contributed by atoms with van der Waals surface area (Å²) < 4.78 is 16.0. The first-order chi connectivity index (χ1) is 14.3. The van der Waals surface area contributed by atoms with Gasteiger partial charge in [0.05, 0.1) is 12.6 Å². The van der Waals surface area contributed by atoms with Crippen molar-refractivity contribution in [3.05, 3.63) is 63.8 Å². The highest BCUT2D eigenvalue weighted by Crippen LogP contribution is 2.28. The van der Waals surface area contributed by atoms with E-state index in [-0.39, 0.29) is 19.0 Å². The zero-order valence-electron chi connectivity index (χ0n) is 17.2. The van der Waals surface area contributed by atoms with Gasteiger partial charge in [0.15, 0.2) is 23.9 Å². The van der Waals surface area contributed by atoms with Crippen molar-refractivity contribution >= 4 is 34.3 Å². The van der Waals surface area contributed by atoms with Crippen molar-refractivity contribution in [2.24, 2.45) is 0 Å². The van der Waals surface area contributed by atoms with E-state index in [9.17, 15) is 9.59 Å². The van der Waals surface area contributed by atoms with E-state index in [1.807, 2.05) is 32.0 Å². The number of aryl methyl sites for hydroxylation is 2. The molecule has 7 heteroatoms. The number of fused-ring (bicyclic) bond motifs is 1. The maximum Gasteiger partial charge on any atom is 0.344 e. The van der Waals surface area contributed by atoms with Crippen LogP contribution in [0.2, 0.25) is 5.15 Å². The van der Waals surface area contributed by atoms with Gasteiger partial charge in [-0.25, -0.2) is 9.78 Å². The van der Waals surface area contributed by atoms with Crippen LogP contribution in [0.25, 0.3) is 10.9 Å². The smallest absolute Gasteiger partial charge is 0.344 e. The van der Waals surface area contributed by atoms with Gasteiger partial charge >= 0.3 is 5.97 Å². The van der Waals surface area contributed by atoms with Gasteiger partial charge in [0.2, 0.25) is 0 Å². The summed E-state index contributed by atoms with van der Waals surface area (Å²) in [5, 5.41) is 1.23. The van der Waals surface area contributed by atoms with Gasteiger partial charge in [-0.1, -0.05) is 23.7 Å². The summed E-state index contributed by atoms with van der Waals surface area (Å²) in [6, 6.07) is 10.6. The molecule has 0 amide bonds. The van der Waals surface area contributed by atoms with Crippen LogP contribution in [-0.2, 0) is 16.1 Å². The van der Waals surface area contributed by atoms with Gasteiger partial charge < -0.3 is 14.2 Å². The van der Waals surface area contributed by atoms with E-state index < -0.39 is 5.97 Å². The molecule has 0 saturated carbocycles. The third kappa shape index (κ3) is 4.71. The number of hydrogen-bond donors (Lipinski definition) is 0. The van der Waals surface area contributed by atoms with E-state index in [2.05, 4.69) is 4.98 Å². The number of ether oxygens (including phenoxy) is 3. The van der Waals surface area contributed by atoms with Crippen molar-refractivity contribution in [1.82, 2.24) is 4.98 Å². The molecule has 0 aliphatic rings. The predicted molar refractivity (Wildman–Crippen MR) is 115 cm³/mol. The number of benzene rings is 2. The lowest BCUT2D eigenvalue weighted by atomic mass is 10.0. The quantitative estimate of drug-likeness (QED) is 0.305. The minimum atomic E-state index is -0.566. The fraction of sp³-hybridized carbons (Fsp3) is 0.261. The normalized spacial score (nSPS) is 10.7. The monoisotopic (exact) mass is 427 g/mol. The lowest BCUT2D eigenvalue weighted by Crippen LogP contribution is -2.15. The largest absolute Gasteiger partial charge is 0.493 e. The van der Waals surface area contributed by atoms with E-state index >= 15 is 0 Å². The topological polar surface area (TPSA) is 74.7 Å². The Bertz CT molecular complexity index is 1130. The number of ketones is 1. The van der Waals surface area contributed by atoms with Crippen molar-refractivity contribution < 1.29 is 23.8 Å². The lowest BCUT2D eigenvalue weighted by molar-refractivity contribution is -0.147. The average Bonchev–Trinajstić information content (AvgIpc) is 2.73. The highest BCUT2D eigenvalue weighted by Gasteiger charge is 2.13. The maximum absolute atomic E-state index is 12.1. The number of pyridine rings is 1. The third-order valence-electron chi connectivity index (χ3n) is 4.84. The Hall–Kier alpha value is -3.12. The summed E-state index contributed by atoms with van der Waals surface area (Å²) in [5.74, 6) is 0.0491. The number of aromatic nitrogens is 1. The maximum atomic E-state index is 12.1. The van der Waals surface area contributed by atoms with Gasteiger partial charge in [0.25, 0.3) is 0 Å². The third-order valence-corrected chi connectivity index (χ3v) is 5.17. The Balaban J connectivity index is 1.64. The van der Waals surface area contributed by atoms with Gasteiger partial charge in [0.1, 0.15) is 11.8 Å². The van der Waals surface area contributed by atoms with Crippen LogP contribution in [0.4, 0.5) is 0 Å². The molecular formula is C23H22ClNO5. The van der Waals surface area contributed by atoms with Gasteiger partial charge in [-0.2, -0.15) is 0 Å². The Morgan fingerprint density at radius 3 is 2.53 bits per heavy atom. The van der Waals surface area contributed by atoms with Crippen LogP contribution in [0.15, 0.2) is 36.4 Å². The molecule has 0 atom stereocenters. The Kier molecular flexibility index (Phi) is 6.57. The minimum absolute atomic E-state index is 0.0166. The van der Waals surface area contributed by atoms with Crippen LogP contribution < -0.4 is 9.47 Å². The summed E-state index contributed by atoms with van der Waals surface area (Å²) in [6.07, 6.45) is 0. The molecule has 1 aromatic heterocycles. The van der Waals surface area contributed by atoms with Crippen LogP contribution in [0.5, 0.6) is 11.5 Å². The number of methoxy groups -OCH3 is 1. The summed E-state index contributed by atoms with van der Waals surface area (Å²) in [7, 11) is 1.46. The second-order valence-corrected chi connectivity index (χ2v) is 7.25. The number of Topliss-reactive ketones (excluding diaryl/α,β-unsaturated/α-hetero) is 1. The van der Waals surface area contributed by atoms with Crippen LogP contribution in [0, 0.1) is 13.8 Å². The Morgan fingerprint density at radius 2 is 1.83 bits per heavy atom. The molecule has 2 aromatic carbocycles. The summed E-state index contributed by atoms with van der Waals surface area (Å²) in [4.78, 5) is 28.1. The minimum Gasteiger partial charge on any atom is -0.493 e. The summed E-state index contributed by atoms with van der Waals surface area (Å²) in [5.41, 5.74) is 4.14. The molecule has 30 heavy (non-hydrogen) atoms. The molecule has 0 aliphatic heterocycles. The van der Waals surface area contributed by atoms with Crippen molar-refractivity contribution in [2.45, 2.75) is 27.4 Å². The Labute approximate surface area is 179 Å². The van der Waals surface area contributed by atoms with Crippen molar-refractivity contribution in [2.75, 3.05) is 13.7 Å². The van der Waals surface area contributed by atoms with E-state index in [0.717, 1.165) is 22.0 Å². The van der Waals surface area contributed by atoms with E-state index in [1.54, 1.807) is 18.2 Å². The number of halogens is 1. The molecule has 156 valence electrons. The molecule has 3 aromatic rings. The molecule has 0 N–H and O–H groups in total. The van der Waals surface area contributed by atoms with Crippen molar-refractivity contribution in [3.63, 3.8) is 0 Å². The van der Waals surface area contributed by atoms with Crippen LogP contribution in [0.3, 0.4) is 0 Å². The fourth-order valence-corrected chi connectivity index (χ4v) is 3.14. The molecule has 6 nitrogen and oxygen atoms in total. The molecule has 0 fully saturated rings. The van der Waals surface area contributed by atoms with E-state index in [0.29, 0.717) is 27.8 Å². The van der Waals surface area contributed by atoms with E-state index in [4.69, 9.17) is 25.8 Å².